The smallest absolute Gasteiger partial charge is 0.338 e. The van der Waals surface area contributed by atoms with Crippen molar-refractivity contribution in [3.8, 4) is 17.6 Å². The number of nitriles is 1. The summed E-state index contributed by atoms with van der Waals surface area (Å²) in [7, 11) is 4.46. The number of methoxy groups -OCH3 is 3. The number of hydrogen-bond acceptors (Lipinski definition) is 8. The van der Waals surface area contributed by atoms with Crippen molar-refractivity contribution >= 4 is 5.97 Å². The zero-order valence-corrected chi connectivity index (χ0v) is 21.0. The maximum Gasteiger partial charge on any atom is 0.338 e. The Labute approximate surface area is 207 Å². The van der Waals surface area contributed by atoms with E-state index in [1.54, 1.807) is 44.4 Å². The Hall–Kier alpha value is -3.12. The van der Waals surface area contributed by atoms with Gasteiger partial charge in [0.25, 0.3) is 0 Å². The van der Waals surface area contributed by atoms with Crippen LogP contribution < -0.4 is 14.8 Å². The molecule has 0 saturated carbocycles. The minimum Gasteiger partial charge on any atom is -0.493 e. The molecule has 0 amide bonds. The minimum absolute atomic E-state index is 0.308. The lowest BCUT2D eigenvalue weighted by Gasteiger charge is -2.31. The summed E-state index contributed by atoms with van der Waals surface area (Å²) in [4.78, 5) is 11.7. The van der Waals surface area contributed by atoms with Gasteiger partial charge in [-0.3, -0.25) is 0 Å². The summed E-state index contributed by atoms with van der Waals surface area (Å²) < 4.78 is 20.9. The number of benzene rings is 2. The van der Waals surface area contributed by atoms with Crippen LogP contribution in [0.25, 0.3) is 0 Å². The Bertz CT molecular complexity index is 973. The van der Waals surface area contributed by atoms with E-state index in [0.717, 1.165) is 31.5 Å². The number of aliphatic hydroxyl groups is 1. The Morgan fingerprint density at radius 2 is 1.77 bits per heavy atom. The molecule has 0 saturated heterocycles. The lowest BCUT2D eigenvalue weighted by Crippen LogP contribution is -2.40. The third kappa shape index (κ3) is 7.43. The predicted molar refractivity (Wildman–Crippen MR) is 133 cm³/mol. The second kappa shape index (κ2) is 14.3. The maximum atomic E-state index is 11.7. The van der Waals surface area contributed by atoms with Gasteiger partial charge in [0.2, 0.25) is 0 Å². The van der Waals surface area contributed by atoms with E-state index >= 15 is 0 Å². The molecule has 2 rings (SSSR count). The zero-order valence-electron chi connectivity index (χ0n) is 21.0. The molecule has 0 spiro atoms. The van der Waals surface area contributed by atoms with Crippen LogP contribution in [0.5, 0.6) is 11.5 Å². The zero-order chi connectivity index (χ0) is 25.7. The number of esters is 1. The standard InChI is InChI=1S/C27H36N2O6/c1-5-35-25(30)21-10-8-20(9-11-21)14-17-29-16-7-6-15-27(19-28,26(31)34-4)22-12-13-23(32-2)24(18-22)33-3/h8-13,18,26,29,31H,5-7,14-17H2,1-4H3. The Morgan fingerprint density at radius 1 is 1.06 bits per heavy atom. The molecule has 8 heteroatoms. The fourth-order valence-electron chi connectivity index (χ4n) is 3.93. The maximum absolute atomic E-state index is 11.7. The third-order valence-electron chi connectivity index (χ3n) is 5.97. The fourth-order valence-corrected chi connectivity index (χ4v) is 3.93. The van der Waals surface area contributed by atoms with Gasteiger partial charge >= 0.3 is 5.97 Å². The summed E-state index contributed by atoms with van der Waals surface area (Å²) in [5, 5.41) is 24.1. The minimum atomic E-state index is -1.28. The van der Waals surface area contributed by atoms with Crippen LogP contribution in [0.3, 0.4) is 0 Å². The largest absolute Gasteiger partial charge is 0.493 e. The van der Waals surface area contributed by atoms with Crippen molar-refractivity contribution in [2.45, 2.75) is 44.3 Å². The average Bonchev–Trinajstić information content (AvgIpc) is 2.90. The number of carbonyl (C=O) groups excluding carboxylic acids is 1. The van der Waals surface area contributed by atoms with Crippen molar-refractivity contribution in [2.75, 3.05) is 41.0 Å². The average molecular weight is 485 g/mol. The molecular formula is C27H36N2O6. The topological polar surface area (TPSA) is 110 Å². The van der Waals surface area contributed by atoms with Crippen LogP contribution in [0.4, 0.5) is 0 Å². The first-order chi connectivity index (χ1) is 16.9. The molecule has 0 aliphatic carbocycles. The number of carbonyl (C=O) groups is 1. The van der Waals surface area contributed by atoms with E-state index in [1.807, 2.05) is 12.1 Å². The van der Waals surface area contributed by atoms with E-state index in [2.05, 4.69) is 11.4 Å². The first-order valence-corrected chi connectivity index (χ1v) is 11.8. The molecule has 2 unspecified atom stereocenters. The van der Waals surface area contributed by atoms with Crippen LogP contribution in [0.1, 0.15) is 47.7 Å². The van der Waals surface area contributed by atoms with Crippen molar-refractivity contribution in [2.24, 2.45) is 0 Å². The molecule has 0 aromatic heterocycles. The van der Waals surface area contributed by atoms with Crippen LogP contribution in [-0.4, -0.2) is 58.4 Å². The Balaban J connectivity index is 1.88. The first kappa shape index (κ1) is 28.1. The summed E-state index contributed by atoms with van der Waals surface area (Å²) in [5.74, 6) is 0.733. The number of aliphatic hydroxyl groups excluding tert-OH is 1. The molecule has 0 fully saturated rings. The lowest BCUT2D eigenvalue weighted by atomic mass is 9.76. The van der Waals surface area contributed by atoms with Gasteiger partial charge in [0.1, 0.15) is 5.41 Å². The Kier molecular flexibility index (Phi) is 11.5. The summed E-state index contributed by atoms with van der Waals surface area (Å²) in [6.07, 6.45) is 1.51. The highest BCUT2D eigenvalue weighted by Gasteiger charge is 2.40. The molecule has 2 atom stereocenters. The summed E-state index contributed by atoms with van der Waals surface area (Å²) in [6, 6.07) is 14.9. The van der Waals surface area contributed by atoms with E-state index in [1.165, 1.54) is 14.2 Å². The van der Waals surface area contributed by atoms with Gasteiger partial charge in [0.05, 0.1) is 32.5 Å². The summed E-state index contributed by atoms with van der Waals surface area (Å²) in [6.45, 7) is 3.71. The van der Waals surface area contributed by atoms with Crippen LogP contribution in [-0.2, 0) is 21.3 Å². The van der Waals surface area contributed by atoms with Crippen molar-refractivity contribution in [3.05, 3.63) is 59.2 Å². The molecule has 2 aromatic rings. The number of ether oxygens (including phenoxy) is 4. The fraction of sp³-hybridized carbons (Fsp3) is 0.481. The number of unbranched alkanes of at least 4 members (excludes halogenated alkanes) is 1. The Morgan fingerprint density at radius 3 is 2.37 bits per heavy atom. The van der Waals surface area contributed by atoms with Gasteiger partial charge in [-0.1, -0.05) is 24.6 Å². The van der Waals surface area contributed by atoms with Crippen LogP contribution in [0, 0.1) is 11.3 Å². The molecule has 190 valence electrons. The summed E-state index contributed by atoms with van der Waals surface area (Å²) in [5.41, 5.74) is 1.07. The molecule has 8 nitrogen and oxygen atoms in total. The second-order valence-corrected chi connectivity index (χ2v) is 8.12. The highest BCUT2D eigenvalue weighted by Crippen LogP contribution is 2.38. The molecule has 0 aliphatic rings. The molecular weight excluding hydrogens is 448 g/mol. The third-order valence-corrected chi connectivity index (χ3v) is 5.97. The van der Waals surface area contributed by atoms with Crippen molar-refractivity contribution < 1.29 is 28.8 Å². The molecule has 0 heterocycles. The highest BCUT2D eigenvalue weighted by atomic mass is 16.6. The van der Waals surface area contributed by atoms with Crippen LogP contribution in [0.2, 0.25) is 0 Å². The first-order valence-electron chi connectivity index (χ1n) is 11.8. The molecule has 0 radical (unpaired) electrons. The number of hydrogen-bond donors (Lipinski definition) is 2. The van der Waals surface area contributed by atoms with Crippen LogP contribution in [0.15, 0.2) is 42.5 Å². The van der Waals surface area contributed by atoms with E-state index in [9.17, 15) is 15.2 Å². The molecule has 2 aromatic carbocycles. The van der Waals surface area contributed by atoms with E-state index in [-0.39, 0.29) is 5.97 Å². The van der Waals surface area contributed by atoms with Gasteiger partial charge in [0.15, 0.2) is 17.8 Å². The van der Waals surface area contributed by atoms with Gasteiger partial charge in [-0.25, -0.2) is 4.79 Å². The quantitative estimate of drug-likeness (QED) is 0.224. The predicted octanol–water partition coefficient (Wildman–Crippen LogP) is 3.61. The van der Waals surface area contributed by atoms with Gasteiger partial charge in [-0.2, -0.15) is 5.26 Å². The van der Waals surface area contributed by atoms with E-state index < -0.39 is 11.7 Å². The van der Waals surface area contributed by atoms with Crippen molar-refractivity contribution in [1.82, 2.24) is 5.32 Å². The van der Waals surface area contributed by atoms with Crippen LogP contribution >= 0.6 is 0 Å². The van der Waals surface area contributed by atoms with E-state index in [4.69, 9.17) is 18.9 Å². The van der Waals surface area contributed by atoms with Crippen molar-refractivity contribution in [1.29, 1.82) is 5.26 Å². The SMILES string of the molecule is CCOC(=O)c1ccc(CCNCCCCC(C#N)(c2ccc(OC)c(OC)c2)C(O)OC)cc1. The van der Waals surface area contributed by atoms with Crippen molar-refractivity contribution in [3.63, 3.8) is 0 Å². The molecule has 2 N–H and O–H groups in total. The normalized spacial score (nSPS) is 13.4. The van der Waals surface area contributed by atoms with Gasteiger partial charge in [0, 0.05) is 7.11 Å². The number of nitrogens with zero attached hydrogens (tertiary/aromatic N) is 1. The monoisotopic (exact) mass is 484 g/mol. The van der Waals surface area contributed by atoms with E-state index in [0.29, 0.717) is 42.1 Å². The molecule has 0 aliphatic heterocycles. The summed E-state index contributed by atoms with van der Waals surface area (Å²) >= 11 is 0. The highest BCUT2D eigenvalue weighted by molar-refractivity contribution is 5.89. The lowest BCUT2D eigenvalue weighted by molar-refractivity contribution is -0.114. The van der Waals surface area contributed by atoms with Gasteiger partial charge in [-0.15, -0.1) is 0 Å². The number of rotatable bonds is 15. The molecule has 0 bridgehead atoms. The number of nitrogens with one attached hydrogen (secondary N) is 1. The molecule has 35 heavy (non-hydrogen) atoms. The van der Waals surface area contributed by atoms with Gasteiger partial charge < -0.3 is 29.4 Å². The van der Waals surface area contributed by atoms with Gasteiger partial charge in [-0.05, 0) is 74.7 Å². The second-order valence-electron chi connectivity index (χ2n) is 8.12.